The number of nitrogens with zero attached hydrogens (tertiary/aromatic N) is 3. The van der Waals surface area contributed by atoms with Gasteiger partial charge in [0.05, 0.1) is 21.6 Å². The van der Waals surface area contributed by atoms with E-state index in [2.05, 4.69) is 10.4 Å². The molecule has 1 heterocycles. The quantitative estimate of drug-likeness (QED) is 0.377. The van der Waals surface area contributed by atoms with Crippen molar-refractivity contribution in [2.24, 2.45) is 0 Å². The van der Waals surface area contributed by atoms with Gasteiger partial charge in [-0.25, -0.2) is 9.07 Å². The van der Waals surface area contributed by atoms with Gasteiger partial charge in [-0.15, -0.1) is 11.8 Å². The number of anilines is 1. The highest BCUT2D eigenvalue weighted by Crippen LogP contribution is 2.26. The third-order valence-corrected chi connectivity index (χ3v) is 5.00. The van der Waals surface area contributed by atoms with Crippen LogP contribution in [0.1, 0.15) is 12.6 Å². The van der Waals surface area contributed by atoms with Crippen molar-refractivity contribution < 1.29 is 14.1 Å². The molecule has 0 aliphatic rings. The Labute approximate surface area is 164 Å². The monoisotopic (exact) mass is 400 g/mol. The van der Waals surface area contributed by atoms with Crippen LogP contribution in [0.15, 0.2) is 59.5 Å². The summed E-state index contributed by atoms with van der Waals surface area (Å²) in [5.41, 5.74) is 1.33. The Morgan fingerprint density at radius 1 is 1.21 bits per heavy atom. The molecule has 7 nitrogen and oxygen atoms in total. The number of halogens is 1. The lowest BCUT2D eigenvalue weighted by Crippen LogP contribution is -2.23. The predicted octanol–water partition coefficient (Wildman–Crippen LogP) is 4.35. The lowest BCUT2D eigenvalue weighted by molar-refractivity contribution is -0.384. The fourth-order valence-corrected chi connectivity index (χ4v) is 3.37. The van der Waals surface area contributed by atoms with Gasteiger partial charge in [-0.05, 0) is 50.2 Å². The molecule has 28 heavy (non-hydrogen) atoms. The van der Waals surface area contributed by atoms with Crippen LogP contribution in [-0.4, -0.2) is 25.9 Å². The molecule has 2 aromatic carbocycles. The highest BCUT2D eigenvalue weighted by atomic mass is 32.2. The van der Waals surface area contributed by atoms with Gasteiger partial charge in [0.25, 0.3) is 5.69 Å². The van der Waals surface area contributed by atoms with Crippen LogP contribution in [-0.2, 0) is 4.79 Å². The molecule has 9 heteroatoms. The van der Waals surface area contributed by atoms with Gasteiger partial charge in [0.1, 0.15) is 11.6 Å². The summed E-state index contributed by atoms with van der Waals surface area (Å²) in [5, 5.41) is 17.4. The van der Waals surface area contributed by atoms with E-state index in [9.17, 15) is 19.3 Å². The molecule has 0 saturated carbocycles. The van der Waals surface area contributed by atoms with Gasteiger partial charge in [-0.3, -0.25) is 14.9 Å². The first-order valence-corrected chi connectivity index (χ1v) is 9.26. The van der Waals surface area contributed by atoms with Crippen molar-refractivity contribution >= 4 is 29.2 Å². The number of aryl methyl sites for hydroxylation is 1. The number of benzene rings is 2. The number of nitro benzene ring substituents is 1. The Kier molecular flexibility index (Phi) is 5.74. The van der Waals surface area contributed by atoms with E-state index in [1.54, 1.807) is 44.2 Å². The number of hydrogen-bond acceptors (Lipinski definition) is 5. The molecule has 3 aromatic rings. The first-order chi connectivity index (χ1) is 13.3. The van der Waals surface area contributed by atoms with Crippen LogP contribution in [0.4, 0.5) is 15.9 Å². The van der Waals surface area contributed by atoms with E-state index in [0.29, 0.717) is 17.2 Å². The van der Waals surface area contributed by atoms with E-state index in [0.717, 1.165) is 4.90 Å². The van der Waals surface area contributed by atoms with E-state index in [1.807, 2.05) is 0 Å². The molecule has 0 bridgehead atoms. The second-order valence-corrected chi connectivity index (χ2v) is 7.47. The molecule has 1 aromatic heterocycles. The summed E-state index contributed by atoms with van der Waals surface area (Å²) in [6.45, 7) is 3.54. The van der Waals surface area contributed by atoms with Crippen LogP contribution in [0.5, 0.6) is 0 Å². The maximum Gasteiger partial charge on any atom is 0.269 e. The Hall–Kier alpha value is -3.20. The zero-order valence-electron chi connectivity index (χ0n) is 15.1. The number of amides is 1. The predicted molar refractivity (Wildman–Crippen MR) is 105 cm³/mol. The van der Waals surface area contributed by atoms with Crippen molar-refractivity contribution in [1.29, 1.82) is 0 Å². The fourth-order valence-electron chi connectivity index (χ4n) is 2.50. The number of nitro groups is 1. The van der Waals surface area contributed by atoms with Gasteiger partial charge >= 0.3 is 0 Å². The summed E-state index contributed by atoms with van der Waals surface area (Å²) in [6, 6.07) is 13.6. The summed E-state index contributed by atoms with van der Waals surface area (Å²) in [4.78, 5) is 23.6. The Balaban J connectivity index is 1.72. The highest BCUT2D eigenvalue weighted by Gasteiger charge is 2.18. The van der Waals surface area contributed by atoms with Gasteiger partial charge in [0, 0.05) is 23.1 Å². The minimum Gasteiger partial charge on any atom is -0.310 e. The smallest absolute Gasteiger partial charge is 0.269 e. The summed E-state index contributed by atoms with van der Waals surface area (Å²) in [7, 11) is 0. The number of rotatable bonds is 6. The van der Waals surface area contributed by atoms with Crippen LogP contribution in [0.25, 0.3) is 5.69 Å². The molecule has 3 rings (SSSR count). The van der Waals surface area contributed by atoms with E-state index in [4.69, 9.17) is 0 Å². The number of non-ortho nitro benzene ring substituents is 1. The van der Waals surface area contributed by atoms with Gasteiger partial charge in [0.2, 0.25) is 5.91 Å². The van der Waals surface area contributed by atoms with Crippen LogP contribution >= 0.6 is 11.8 Å². The first kappa shape index (κ1) is 19.6. The van der Waals surface area contributed by atoms with Crippen LogP contribution in [0, 0.1) is 22.9 Å². The molecular weight excluding hydrogens is 383 g/mol. The third kappa shape index (κ3) is 4.55. The topological polar surface area (TPSA) is 90.1 Å². The van der Waals surface area contributed by atoms with Crippen molar-refractivity contribution in [2.75, 3.05) is 5.32 Å². The molecule has 0 saturated heterocycles. The molecule has 0 fully saturated rings. The Morgan fingerprint density at radius 3 is 2.46 bits per heavy atom. The Morgan fingerprint density at radius 2 is 1.86 bits per heavy atom. The molecule has 0 spiro atoms. The minimum absolute atomic E-state index is 0.000120. The fraction of sp³-hybridized carbons (Fsp3) is 0.158. The van der Waals surface area contributed by atoms with Crippen LogP contribution in [0.3, 0.4) is 0 Å². The molecule has 1 amide bonds. The highest BCUT2D eigenvalue weighted by molar-refractivity contribution is 8.00. The molecule has 1 N–H and O–H groups in total. The van der Waals surface area contributed by atoms with E-state index >= 15 is 0 Å². The van der Waals surface area contributed by atoms with Gasteiger partial charge in [0.15, 0.2) is 0 Å². The number of carbonyl (C=O) groups excluding carboxylic acids is 1. The van der Waals surface area contributed by atoms with Crippen molar-refractivity contribution in [1.82, 2.24) is 9.78 Å². The minimum atomic E-state index is -0.469. The summed E-state index contributed by atoms with van der Waals surface area (Å²) in [6.07, 6.45) is 0. The molecule has 0 radical (unpaired) electrons. The molecule has 0 aliphatic heterocycles. The van der Waals surface area contributed by atoms with E-state index in [-0.39, 0.29) is 17.4 Å². The average Bonchev–Trinajstić information content (AvgIpc) is 3.02. The maximum atomic E-state index is 13.2. The van der Waals surface area contributed by atoms with Crippen molar-refractivity contribution in [3.8, 4) is 5.69 Å². The molecule has 144 valence electrons. The second kappa shape index (κ2) is 8.22. The Bertz CT molecular complexity index is 1000. The van der Waals surface area contributed by atoms with E-state index < -0.39 is 10.2 Å². The maximum absolute atomic E-state index is 13.2. The number of aromatic nitrogens is 2. The van der Waals surface area contributed by atoms with Crippen LogP contribution < -0.4 is 5.32 Å². The number of thioether (sulfide) groups is 1. The standard InChI is InChI=1S/C19H17FN4O3S/c1-12-11-18(23(22-12)15-5-3-14(20)4-6-15)21-19(25)13(2)28-17-9-7-16(8-10-17)24(26)27/h3-11,13H,1-2H3,(H,21,25). The molecular formula is C19H17FN4O3S. The lowest BCUT2D eigenvalue weighted by atomic mass is 10.3. The normalized spacial score (nSPS) is 11.8. The van der Waals surface area contributed by atoms with Crippen LogP contribution in [0.2, 0.25) is 0 Å². The summed E-state index contributed by atoms with van der Waals surface area (Å²) >= 11 is 1.29. The zero-order chi connectivity index (χ0) is 20.3. The summed E-state index contributed by atoms with van der Waals surface area (Å²) in [5.74, 6) is -0.122. The SMILES string of the molecule is Cc1cc(NC(=O)C(C)Sc2ccc([N+](=O)[O-])cc2)n(-c2ccc(F)cc2)n1. The van der Waals surface area contributed by atoms with Crippen molar-refractivity contribution in [3.63, 3.8) is 0 Å². The lowest BCUT2D eigenvalue weighted by Gasteiger charge is -2.13. The van der Waals surface area contributed by atoms with Crippen molar-refractivity contribution in [3.05, 3.63) is 76.2 Å². The third-order valence-electron chi connectivity index (χ3n) is 3.88. The van der Waals surface area contributed by atoms with Crippen molar-refractivity contribution in [2.45, 2.75) is 24.0 Å². The molecule has 1 unspecified atom stereocenters. The molecule has 0 aliphatic carbocycles. The van der Waals surface area contributed by atoms with E-state index in [1.165, 1.54) is 40.7 Å². The number of carbonyl (C=O) groups is 1. The van der Waals surface area contributed by atoms with Gasteiger partial charge < -0.3 is 5.32 Å². The summed E-state index contributed by atoms with van der Waals surface area (Å²) < 4.78 is 14.7. The van der Waals surface area contributed by atoms with Gasteiger partial charge in [-0.1, -0.05) is 0 Å². The number of nitrogens with one attached hydrogen (secondary N) is 1. The molecule has 1 atom stereocenters. The first-order valence-electron chi connectivity index (χ1n) is 8.38. The number of hydrogen-bond donors (Lipinski definition) is 1. The largest absolute Gasteiger partial charge is 0.310 e. The van der Waals surface area contributed by atoms with Gasteiger partial charge in [-0.2, -0.15) is 5.10 Å². The average molecular weight is 400 g/mol. The second-order valence-electron chi connectivity index (χ2n) is 6.06. The zero-order valence-corrected chi connectivity index (χ0v) is 15.9.